The molecular formula is C8H18N4O2Si. The molecule has 0 aliphatic carbocycles. The summed E-state index contributed by atoms with van der Waals surface area (Å²) in [4.78, 5) is 1.34. The Kier molecular flexibility index (Phi) is 4.37. The molecule has 6 nitrogen and oxygen atoms in total. The Morgan fingerprint density at radius 1 is 1.40 bits per heavy atom. The van der Waals surface area contributed by atoms with Gasteiger partial charge in [0.15, 0.2) is 12.6 Å². The minimum atomic E-state index is -1.03. The van der Waals surface area contributed by atoms with Crippen LogP contribution in [0.15, 0.2) is 0 Å². The van der Waals surface area contributed by atoms with E-state index in [-0.39, 0.29) is 6.61 Å². The van der Waals surface area contributed by atoms with Crippen molar-refractivity contribution in [3.8, 4) is 0 Å². The summed E-state index contributed by atoms with van der Waals surface area (Å²) >= 11 is 0. The van der Waals surface area contributed by atoms with Crippen molar-refractivity contribution >= 4 is 8.07 Å². The molecule has 1 heterocycles. The van der Waals surface area contributed by atoms with Crippen molar-refractivity contribution in [2.75, 3.05) is 6.61 Å². The summed E-state index contributed by atoms with van der Waals surface area (Å²) in [5.41, 5.74) is 0. The van der Waals surface area contributed by atoms with Gasteiger partial charge in [-0.1, -0.05) is 19.6 Å². The Morgan fingerprint density at radius 2 is 2.13 bits per heavy atom. The Labute approximate surface area is 90.3 Å². The van der Waals surface area contributed by atoms with Gasteiger partial charge in [0.2, 0.25) is 0 Å². The number of ether oxygens (including phenoxy) is 1. The number of rotatable bonds is 6. The number of aliphatic hydroxyl groups is 1. The second-order valence-electron chi connectivity index (χ2n) is 4.58. The third-order valence-electron chi connectivity index (χ3n) is 1.84. The highest BCUT2D eigenvalue weighted by atomic mass is 28.3. The van der Waals surface area contributed by atoms with E-state index in [9.17, 15) is 0 Å². The second-order valence-corrected chi connectivity index (χ2v) is 10.2. The van der Waals surface area contributed by atoms with Crippen LogP contribution in [-0.2, 0) is 18.1 Å². The fraction of sp³-hybridized carbons (Fsp3) is 0.875. The Bertz CT molecular complexity index is 297. The SMILES string of the molecule is C[Si](C)(C)CCOCn1nnc(CO)n1. The first-order chi connectivity index (χ1) is 7.01. The summed E-state index contributed by atoms with van der Waals surface area (Å²) in [5.74, 6) is 0.323. The highest BCUT2D eigenvalue weighted by Crippen LogP contribution is 2.07. The molecule has 15 heavy (non-hydrogen) atoms. The van der Waals surface area contributed by atoms with Crippen LogP contribution in [-0.4, -0.2) is 40.0 Å². The third kappa shape index (κ3) is 5.00. The lowest BCUT2D eigenvalue weighted by Gasteiger charge is -2.14. The van der Waals surface area contributed by atoms with E-state index in [0.717, 1.165) is 12.7 Å². The molecule has 0 aliphatic rings. The van der Waals surface area contributed by atoms with Gasteiger partial charge in [0, 0.05) is 14.7 Å². The zero-order valence-electron chi connectivity index (χ0n) is 9.47. The molecule has 0 unspecified atom stereocenters. The van der Waals surface area contributed by atoms with Gasteiger partial charge in [-0.15, -0.1) is 15.0 Å². The minimum Gasteiger partial charge on any atom is -0.388 e. The van der Waals surface area contributed by atoms with Crippen molar-refractivity contribution in [2.24, 2.45) is 0 Å². The van der Waals surface area contributed by atoms with Crippen LogP contribution in [0, 0.1) is 0 Å². The minimum absolute atomic E-state index is 0.186. The van der Waals surface area contributed by atoms with E-state index in [1.54, 1.807) is 0 Å². The number of hydrogen-bond donors (Lipinski definition) is 1. The zero-order chi connectivity index (χ0) is 11.3. The van der Waals surface area contributed by atoms with E-state index in [1.165, 1.54) is 4.80 Å². The van der Waals surface area contributed by atoms with Crippen LogP contribution in [0.4, 0.5) is 0 Å². The molecule has 0 aromatic carbocycles. The molecule has 86 valence electrons. The van der Waals surface area contributed by atoms with Gasteiger partial charge in [0.05, 0.1) is 0 Å². The van der Waals surface area contributed by atoms with Crippen molar-refractivity contribution in [1.82, 2.24) is 20.2 Å². The Balaban J connectivity index is 2.20. The highest BCUT2D eigenvalue weighted by Gasteiger charge is 2.12. The first-order valence-electron chi connectivity index (χ1n) is 4.96. The van der Waals surface area contributed by atoms with E-state index in [2.05, 4.69) is 35.1 Å². The molecule has 0 radical (unpaired) electrons. The lowest BCUT2D eigenvalue weighted by molar-refractivity contribution is 0.0669. The van der Waals surface area contributed by atoms with Gasteiger partial charge >= 0.3 is 0 Å². The second kappa shape index (κ2) is 5.33. The van der Waals surface area contributed by atoms with E-state index in [1.807, 2.05) is 0 Å². The lowest BCUT2D eigenvalue weighted by Crippen LogP contribution is -2.22. The average Bonchev–Trinajstić information content (AvgIpc) is 2.59. The largest absolute Gasteiger partial charge is 0.388 e. The summed E-state index contributed by atoms with van der Waals surface area (Å²) in [5, 5.41) is 20.0. The molecule has 0 amide bonds. The van der Waals surface area contributed by atoms with E-state index in [4.69, 9.17) is 9.84 Å². The Hall–Kier alpha value is -0.793. The maximum atomic E-state index is 8.72. The van der Waals surface area contributed by atoms with Crippen molar-refractivity contribution in [3.05, 3.63) is 5.82 Å². The van der Waals surface area contributed by atoms with Gasteiger partial charge in [-0.25, -0.2) is 0 Å². The number of nitrogens with zero attached hydrogens (tertiary/aromatic N) is 4. The molecule has 0 bridgehead atoms. The molecule has 0 saturated heterocycles. The quantitative estimate of drug-likeness (QED) is 0.568. The van der Waals surface area contributed by atoms with Gasteiger partial charge in [-0.2, -0.15) is 0 Å². The lowest BCUT2D eigenvalue weighted by atomic mass is 10.7. The predicted molar refractivity (Wildman–Crippen MR) is 57.8 cm³/mol. The maximum absolute atomic E-state index is 8.72. The number of aliphatic hydroxyl groups excluding tert-OH is 1. The number of hydrogen-bond acceptors (Lipinski definition) is 5. The average molecular weight is 230 g/mol. The molecule has 0 spiro atoms. The summed E-state index contributed by atoms with van der Waals surface area (Å²) in [7, 11) is -1.03. The first kappa shape index (κ1) is 12.3. The summed E-state index contributed by atoms with van der Waals surface area (Å²) in [6.45, 7) is 7.74. The van der Waals surface area contributed by atoms with Crippen molar-refractivity contribution < 1.29 is 9.84 Å². The summed E-state index contributed by atoms with van der Waals surface area (Å²) < 4.78 is 5.40. The topological polar surface area (TPSA) is 73.1 Å². The monoisotopic (exact) mass is 230 g/mol. The normalized spacial score (nSPS) is 12.0. The van der Waals surface area contributed by atoms with Crippen LogP contribution in [0.3, 0.4) is 0 Å². The van der Waals surface area contributed by atoms with E-state index in [0.29, 0.717) is 12.6 Å². The molecular weight excluding hydrogens is 212 g/mol. The maximum Gasteiger partial charge on any atom is 0.200 e. The van der Waals surface area contributed by atoms with Gasteiger partial charge in [0.1, 0.15) is 6.61 Å². The summed E-state index contributed by atoms with van der Waals surface area (Å²) in [6.07, 6.45) is 0. The first-order valence-corrected chi connectivity index (χ1v) is 8.67. The third-order valence-corrected chi connectivity index (χ3v) is 3.54. The molecule has 0 fully saturated rings. The van der Waals surface area contributed by atoms with Gasteiger partial charge in [-0.05, 0) is 11.3 Å². The van der Waals surface area contributed by atoms with Crippen LogP contribution in [0.25, 0.3) is 0 Å². The number of aromatic nitrogens is 4. The standard InChI is InChI=1S/C8H18N4O2Si/c1-15(2,3)5-4-14-7-12-10-8(6-13)9-11-12/h13H,4-7H2,1-3H3. The fourth-order valence-corrected chi connectivity index (χ4v) is 1.68. The highest BCUT2D eigenvalue weighted by molar-refractivity contribution is 6.76. The predicted octanol–water partition coefficient (Wildman–Crippen LogP) is 0.478. The van der Waals surface area contributed by atoms with E-state index < -0.39 is 8.07 Å². The molecule has 1 rings (SSSR count). The van der Waals surface area contributed by atoms with Crippen LogP contribution < -0.4 is 0 Å². The van der Waals surface area contributed by atoms with Crippen molar-refractivity contribution in [3.63, 3.8) is 0 Å². The van der Waals surface area contributed by atoms with Crippen LogP contribution in [0.2, 0.25) is 25.7 Å². The molecule has 7 heteroatoms. The van der Waals surface area contributed by atoms with Crippen LogP contribution in [0.5, 0.6) is 0 Å². The molecule has 1 aromatic heterocycles. The summed E-state index contributed by atoms with van der Waals surface area (Å²) in [6, 6.07) is 1.12. The van der Waals surface area contributed by atoms with Crippen LogP contribution in [0.1, 0.15) is 5.82 Å². The van der Waals surface area contributed by atoms with Gasteiger partial charge in [0.25, 0.3) is 0 Å². The molecule has 1 N–H and O–H groups in total. The van der Waals surface area contributed by atoms with Crippen molar-refractivity contribution in [2.45, 2.75) is 39.0 Å². The Morgan fingerprint density at radius 3 is 2.67 bits per heavy atom. The number of tetrazole rings is 1. The van der Waals surface area contributed by atoms with Crippen molar-refractivity contribution in [1.29, 1.82) is 0 Å². The van der Waals surface area contributed by atoms with Gasteiger partial charge in [-0.3, -0.25) is 0 Å². The molecule has 1 aromatic rings. The smallest absolute Gasteiger partial charge is 0.200 e. The molecule has 0 saturated carbocycles. The fourth-order valence-electron chi connectivity index (χ4n) is 0.919. The van der Waals surface area contributed by atoms with Gasteiger partial charge < -0.3 is 9.84 Å². The van der Waals surface area contributed by atoms with Crippen LogP contribution >= 0.6 is 0 Å². The molecule has 0 atom stereocenters. The molecule has 0 aliphatic heterocycles. The van der Waals surface area contributed by atoms with E-state index >= 15 is 0 Å². The zero-order valence-corrected chi connectivity index (χ0v) is 10.5.